The van der Waals surface area contributed by atoms with E-state index in [-0.39, 0.29) is 42.1 Å². The van der Waals surface area contributed by atoms with Crippen molar-refractivity contribution in [2.24, 2.45) is 0 Å². The van der Waals surface area contributed by atoms with E-state index >= 15 is 0 Å². The minimum atomic E-state index is -4.96. The zero-order valence-electron chi connectivity index (χ0n) is 21.1. The molecular weight excluding hydrogens is 569 g/mol. The fraction of sp³-hybridized carbons (Fsp3) is 0.280. The molecule has 41 heavy (non-hydrogen) atoms. The van der Waals surface area contributed by atoms with Crippen molar-refractivity contribution in [3.05, 3.63) is 81.8 Å². The van der Waals surface area contributed by atoms with E-state index in [1.807, 2.05) is 0 Å². The number of aromatic nitrogens is 6. The molecule has 12 nitrogen and oxygen atoms in total. The molecule has 1 atom stereocenters. The summed E-state index contributed by atoms with van der Waals surface area (Å²) in [4.78, 5) is 43.6. The number of nitrogens with zero attached hydrogens (tertiary/aromatic N) is 7. The number of hydrogen-bond donors (Lipinski definition) is 2. The lowest BCUT2D eigenvalue weighted by Crippen LogP contribution is -2.50. The first kappa shape index (κ1) is 28.0. The first-order chi connectivity index (χ1) is 19.5. The van der Waals surface area contributed by atoms with E-state index in [1.54, 1.807) is 24.3 Å². The van der Waals surface area contributed by atoms with Gasteiger partial charge in [0.25, 0.3) is 5.91 Å². The molecule has 0 spiro atoms. The molecule has 0 unspecified atom stereocenters. The first-order valence-electron chi connectivity index (χ1n) is 12.3. The molecule has 4 aromatic rings. The number of para-hydroxylation sites is 1. The predicted octanol–water partition coefficient (Wildman–Crippen LogP) is 1.49. The number of nitrogens with one attached hydrogen (secondary N) is 1. The molecule has 3 heterocycles. The highest BCUT2D eigenvalue weighted by molar-refractivity contribution is 6.30. The minimum absolute atomic E-state index is 0.0791. The Balaban J connectivity index is 1.45. The molecule has 0 radical (unpaired) electrons. The highest BCUT2D eigenvalue weighted by Crippen LogP contribution is 2.24. The fourth-order valence-electron chi connectivity index (χ4n) is 4.25. The van der Waals surface area contributed by atoms with Crippen LogP contribution >= 0.6 is 11.6 Å². The largest absolute Gasteiger partial charge is 0.416 e. The smallest absolute Gasteiger partial charge is 0.382 e. The summed E-state index contributed by atoms with van der Waals surface area (Å²) in [5, 5.41) is 21.2. The number of rotatable bonds is 7. The molecule has 1 aliphatic heterocycles. The summed E-state index contributed by atoms with van der Waals surface area (Å²) in [7, 11) is 0. The van der Waals surface area contributed by atoms with Crippen LogP contribution in [-0.2, 0) is 17.9 Å². The van der Waals surface area contributed by atoms with Crippen molar-refractivity contribution in [3.63, 3.8) is 0 Å². The lowest BCUT2D eigenvalue weighted by Gasteiger charge is -2.27. The highest BCUT2D eigenvalue weighted by Gasteiger charge is 2.39. The molecule has 2 aromatic carbocycles. The van der Waals surface area contributed by atoms with Crippen molar-refractivity contribution in [2.75, 3.05) is 19.6 Å². The van der Waals surface area contributed by atoms with Crippen LogP contribution in [-0.4, -0.2) is 82.8 Å². The van der Waals surface area contributed by atoms with Crippen molar-refractivity contribution in [2.45, 2.75) is 25.4 Å². The second-order valence-electron chi connectivity index (χ2n) is 9.14. The van der Waals surface area contributed by atoms with E-state index in [0.717, 1.165) is 9.25 Å². The fourth-order valence-corrected chi connectivity index (χ4v) is 4.38. The van der Waals surface area contributed by atoms with E-state index in [2.05, 4.69) is 20.5 Å². The van der Waals surface area contributed by atoms with Gasteiger partial charge in [0, 0.05) is 23.7 Å². The summed E-state index contributed by atoms with van der Waals surface area (Å²) >= 11 is 5.92. The molecule has 2 amide bonds. The lowest BCUT2D eigenvalue weighted by atomic mass is 10.1. The molecule has 0 saturated carbocycles. The maximum absolute atomic E-state index is 13.2. The molecule has 5 rings (SSSR count). The van der Waals surface area contributed by atoms with Crippen molar-refractivity contribution < 1.29 is 27.9 Å². The van der Waals surface area contributed by atoms with Gasteiger partial charge in [-0.05, 0) is 36.4 Å². The number of alkyl halides is 3. The molecule has 1 aliphatic rings. The van der Waals surface area contributed by atoms with Crippen LogP contribution in [0.2, 0.25) is 5.02 Å². The number of hydrogen-bond acceptors (Lipinski definition) is 7. The predicted molar refractivity (Wildman–Crippen MR) is 138 cm³/mol. The van der Waals surface area contributed by atoms with Gasteiger partial charge in [0.05, 0.1) is 24.3 Å². The Kier molecular flexibility index (Phi) is 7.64. The number of amides is 2. The van der Waals surface area contributed by atoms with Gasteiger partial charge in [0.15, 0.2) is 17.8 Å². The maximum atomic E-state index is 13.2. The summed E-state index contributed by atoms with van der Waals surface area (Å²) in [6, 6.07) is 12.5. The van der Waals surface area contributed by atoms with Crippen molar-refractivity contribution >= 4 is 23.4 Å². The maximum Gasteiger partial charge on any atom is 0.416 e. The van der Waals surface area contributed by atoms with Gasteiger partial charge in [-0.15, -0.1) is 10.2 Å². The van der Waals surface area contributed by atoms with E-state index in [9.17, 15) is 32.7 Å². The normalized spacial score (nSPS) is 14.7. The van der Waals surface area contributed by atoms with Crippen molar-refractivity contribution in [3.8, 4) is 17.1 Å². The molecule has 1 fully saturated rings. The van der Waals surface area contributed by atoms with Crippen LogP contribution in [0.1, 0.15) is 16.2 Å². The zero-order valence-corrected chi connectivity index (χ0v) is 21.9. The van der Waals surface area contributed by atoms with Gasteiger partial charge in [-0.2, -0.15) is 13.2 Å². The van der Waals surface area contributed by atoms with E-state index in [4.69, 9.17) is 11.6 Å². The third-order valence-corrected chi connectivity index (χ3v) is 6.55. The van der Waals surface area contributed by atoms with E-state index in [0.29, 0.717) is 29.4 Å². The average molecular weight is 591 g/mol. The summed E-state index contributed by atoms with van der Waals surface area (Å²) in [6.07, 6.45) is -6.44. The lowest BCUT2D eigenvalue weighted by molar-refractivity contribution is -0.207. The Morgan fingerprint density at radius 2 is 1.83 bits per heavy atom. The number of benzene rings is 2. The minimum Gasteiger partial charge on any atom is -0.382 e. The summed E-state index contributed by atoms with van der Waals surface area (Å²) in [6.45, 7) is -0.803. The van der Waals surface area contributed by atoms with Gasteiger partial charge < -0.3 is 15.3 Å². The second-order valence-corrected chi connectivity index (χ2v) is 9.57. The van der Waals surface area contributed by atoms with Crippen molar-refractivity contribution in [1.82, 2.24) is 39.3 Å². The monoisotopic (exact) mass is 590 g/mol. The van der Waals surface area contributed by atoms with Crippen LogP contribution in [0.15, 0.2) is 59.7 Å². The highest BCUT2D eigenvalue weighted by atomic mass is 35.5. The topological polar surface area (TPSA) is 140 Å². The first-order valence-corrected chi connectivity index (χ1v) is 12.6. The second kappa shape index (κ2) is 11.2. The van der Waals surface area contributed by atoms with E-state index in [1.165, 1.54) is 40.2 Å². The standard InChI is InChI=1S/C25H22ClF3N8O4/c26-16-7-5-15(6-8-16)22-33-36(24(41)35(22)11-19(38)25(27,28)29)12-20-31-14-37(32-20)18-4-2-1-3-17(18)23(40)34-10-9-30-21(39)13-34/h1-8,14,19,38H,9-13H2,(H,30,39)/t19-/m0/s1. The van der Waals surface area contributed by atoms with Gasteiger partial charge in [-0.1, -0.05) is 23.7 Å². The molecule has 0 bridgehead atoms. The van der Waals surface area contributed by atoms with Gasteiger partial charge in [-0.3, -0.25) is 14.2 Å². The number of aliphatic hydroxyl groups excluding tert-OH is 1. The molecule has 2 aromatic heterocycles. The van der Waals surface area contributed by atoms with Gasteiger partial charge in [0.1, 0.15) is 12.9 Å². The Morgan fingerprint density at radius 3 is 2.54 bits per heavy atom. The molecule has 0 aliphatic carbocycles. The van der Waals surface area contributed by atoms with Crippen LogP contribution in [0.25, 0.3) is 17.1 Å². The molecule has 2 N–H and O–H groups in total. The number of piperazine rings is 1. The number of halogens is 4. The Hall–Kier alpha value is -4.50. The number of aliphatic hydroxyl groups is 1. The summed E-state index contributed by atoms with van der Waals surface area (Å²) in [5.41, 5.74) is 0.0204. The van der Waals surface area contributed by atoms with Crippen LogP contribution < -0.4 is 11.0 Å². The van der Waals surface area contributed by atoms with Crippen LogP contribution in [0.3, 0.4) is 0 Å². The molecule has 214 valence electrons. The number of carbonyl (C=O) groups is 2. The molecule has 1 saturated heterocycles. The van der Waals surface area contributed by atoms with Gasteiger partial charge >= 0.3 is 11.9 Å². The summed E-state index contributed by atoms with van der Waals surface area (Å²) < 4.78 is 42.3. The molecule has 16 heteroatoms. The molecular formula is C25H22ClF3N8O4. The zero-order chi connectivity index (χ0) is 29.3. The van der Waals surface area contributed by atoms with E-state index < -0.39 is 24.5 Å². The summed E-state index contributed by atoms with van der Waals surface area (Å²) in [5.74, 6) is -0.680. The Labute approximate surface area is 234 Å². The number of carbonyl (C=O) groups excluding carboxylic acids is 2. The van der Waals surface area contributed by atoms with Crippen LogP contribution in [0.4, 0.5) is 13.2 Å². The Morgan fingerprint density at radius 1 is 1.10 bits per heavy atom. The van der Waals surface area contributed by atoms with Crippen molar-refractivity contribution in [1.29, 1.82) is 0 Å². The quantitative estimate of drug-likeness (QED) is 0.332. The van der Waals surface area contributed by atoms with Crippen LogP contribution in [0.5, 0.6) is 0 Å². The SMILES string of the molecule is O=C1CN(C(=O)c2ccccc2-n2cnc(Cn3nc(-c4ccc(Cl)cc4)n(C[C@H](O)C(F)(F)F)c3=O)n2)CCN1. The Bertz CT molecular complexity index is 1650. The third kappa shape index (κ3) is 6.00. The average Bonchev–Trinajstić information content (AvgIpc) is 3.53. The van der Waals surface area contributed by atoms with Gasteiger partial charge in [-0.25, -0.2) is 19.1 Å². The van der Waals surface area contributed by atoms with Crippen LogP contribution in [0, 0.1) is 0 Å². The van der Waals surface area contributed by atoms with Gasteiger partial charge in [0.2, 0.25) is 5.91 Å². The third-order valence-electron chi connectivity index (χ3n) is 6.30.